The summed E-state index contributed by atoms with van der Waals surface area (Å²) in [5, 5.41) is 3.04. The Balaban J connectivity index is 1.97. The zero-order chi connectivity index (χ0) is 16.2. The lowest BCUT2D eigenvalue weighted by Gasteiger charge is -2.49. The van der Waals surface area contributed by atoms with Crippen LogP contribution in [-0.4, -0.2) is 41.1 Å². The molecule has 3 rings (SSSR count). The van der Waals surface area contributed by atoms with Gasteiger partial charge in [0.25, 0.3) is 0 Å². The summed E-state index contributed by atoms with van der Waals surface area (Å²) in [6.45, 7) is 0.369. The van der Waals surface area contributed by atoms with E-state index in [9.17, 15) is 26.3 Å². The highest BCUT2D eigenvalue weighted by Gasteiger charge is 2.59. The van der Waals surface area contributed by atoms with E-state index in [1.807, 2.05) is 4.57 Å². The molecule has 22 heavy (non-hydrogen) atoms. The molecule has 9 heteroatoms. The molecule has 124 valence electrons. The van der Waals surface area contributed by atoms with E-state index >= 15 is 0 Å². The van der Waals surface area contributed by atoms with Crippen LogP contribution in [0.1, 0.15) is 18.5 Å². The number of hydrogen-bond donors (Lipinski definition) is 1. The Labute approximate surface area is 122 Å². The van der Waals surface area contributed by atoms with Crippen molar-refractivity contribution in [1.29, 1.82) is 0 Å². The van der Waals surface area contributed by atoms with E-state index in [0.717, 1.165) is 0 Å². The highest BCUT2D eigenvalue weighted by Crippen LogP contribution is 2.45. The van der Waals surface area contributed by atoms with Crippen LogP contribution in [0.5, 0.6) is 0 Å². The van der Waals surface area contributed by atoms with Gasteiger partial charge in [0.1, 0.15) is 6.04 Å². The number of likely N-dealkylation sites (tertiary alicyclic amines) is 1. The first-order valence-corrected chi connectivity index (χ1v) is 6.94. The first kappa shape index (κ1) is 15.7. The van der Waals surface area contributed by atoms with Crippen LogP contribution in [0, 0.1) is 0 Å². The van der Waals surface area contributed by atoms with Crippen LogP contribution in [0.3, 0.4) is 0 Å². The predicted molar refractivity (Wildman–Crippen MR) is 66.0 cm³/mol. The predicted octanol–water partition coefficient (Wildman–Crippen LogP) is 2.83. The van der Waals surface area contributed by atoms with Crippen LogP contribution in [0.25, 0.3) is 0 Å². The third kappa shape index (κ3) is 2.50. The van der Waals surface area contributed by atoms with Gasteiger partial charge in [0, 0.05) is 31.5 Å². The lowest BCUT2D eigenvalue weighted by Crippen LogP contribution is -2.64. The number of fused-ring (bicyclic) bond motifs is 2. The second-order valence-electron chi connectivity index (χ2n) is 5.77. The molecule has 3 heterocycles. The molecule has 0 bridgehead atoms. The molecule has 1 spiro atoms. The van der Waals surface area contributed by atoms with E-state index in [0.29, 0.717) is 18.8 Å². The van der Waals surface area contributed by atoms with Crippen molar-refractivity contribution in [2.45, 2.75) is 43.4 Å². The Bertz CT molecular complexity index is 549. The average Bonchev–Trinajstić information content (AvgIpc) is 2.86. The van der Waals surface area contributed by atoms with Crippen LogP contribution in [0.2, 0.25) is 0 Å². The highest BCUT2D eigenvalue weighted by molar-refractivity contribution is 5.23. The summed E-state index contributed by atoms with van der Waals surface area (Å²) in [6.07, 6.45) is -8.82. The summed E-state index contributed by atoms with van der Waals surface area (Å²) < 4.78 is 80.1. The molecule has 1 N–H and O–H groups in total. The minimum atomic E-state index is -4.99. The molecule has 0 aliphatic carbocycles. The van der Waals surface area contributed by atoms with Gasteiger partial charge in [0.2, 0.25) is 0 Å². The van der Waals surface area contributed by atoms with Gasteiger partial charge in [-0.05, 0) is 25.0 Å². The van der Waals surface area contributed by atoms with Crippen LogP contribution in [0.4, 0.5) is 26.3 Å². The van der Waals surface area contributed by atoms with Crippen molar-refractivity contribution in [3.05, 3.63) is 24.0 Å². The molecule has 2 atom stereocenters. The summed E-state index contributed by atoms with van der Waals surface area (Å²) in [7, 11) is 0. The molecule has 2 aliphatic rings. The second kappa shape index (κ2) is 4.89. The van der Waals surface area contributed by atoms with Crippen molar-refractivity contribution < 1.29 is 26.3 Å². The molecule has 2 unspecified atom stereocenters. The maximum atomic E-state index is 13.2. The fraction of sp³-hybridized carbons (Fsp3) is 0.692. The molecule has 0 saturated carbocycles. The number of nitrogens with zero attached hydrogens (tertiary/aromatic N) is 2. The molecule has 1 aromatic heterocycles. The number of hydrogen-bond acceptors (Lipinski definition) is 2. The van der Waals surface area contributed by atoms with E-state index in [1.165, 1.54) is 0 Å². The van der Waals surface area contributed by atoms with E-state index in [-0.39, 0.29) is 11.3 Å². The summed E-state index contributed by atoms with van der Waals surface area (Å²) >= 11 is 0. The Morgan fingerprint density at radius 2 is 1.86 bits per heavy atom. The normalized spacial score (nSPS) is 30.5. The van der Waals surface area contributed by atoms with E-state index in [4.69, 9.17) is 0 Å². The molecule has 3 nitrogen and oxygen atoms in total. The fourth-order valence-electron chi connectivity index (χ4n) is 3.55. The van der Waals surface area contributed by atoms with Crippen molar-refractivity contribution >= 4 is 0 Å². The number of alkyl halides is 6. The van der Waals surface area contributed by atoms with Crippen LogP contribution in [0.15, 0.2) is 18.3 Å². The van der Waals surface area contributed by atoms with Crippen molar-refractivity contribution in [3.8, 4) is 0 Å². The molecule has 2 aliphatic heterocycles. The minimum Gasteiger partial charge on any atom is -0.348 e. The SMILES string of the molecule is FC(F)(F)C1CC2(CCN1C(F)(F)F)NCCn1cccc12. The molecule has 0 radical (unpaired) electrons. The number of nitrogens with one attached hydrogen (secondary N) is 1. The second-order valence-corrected chi connectivity index (χ2v) is 5.77. The number of rotatable bonds is 0. The monoisotopic (exact) mass is 327 g/mol. The average molecular weight is 327 g/mol. The first-order chi connectivity index (χ1) is 10.1. The summed E-state index contributed by atoms with van der Waals surface area (Å²) in [5.41, 5.74) is -0.418. The lowest BCUT2D eigenvalue weighted by atomic mass is 9.79. The van der Waals surface area contributed by atoms with Crippen molar-refractivity contribution in [1.82, 2.24) is 14.8 Å². The number of halogens is 6. The standard InChI is InChI=1S/C13H15F6N3/c14-12(15,16)10-8-11(3-6-22(10)13(17,18)19)9-2-1-5-21(9)7-4-20-11/h1-2,5,10,20H,3-4,6-8H2. The van der Waals surface area contributed by atoms with Gasteiger partial charge in [-0.2, -0.15) is 26.3 Å². The van der Waals surface area contributed by atoms with Crippen LogP contribution >= 0.6 is 0 Å². The smallest absolute Gasteiger partial charge is 0.348 e. The number of aromatic nitrogens is 1. The molecule has 0 amide bonds. The maximum Gasteiger partial charge on any atom is 0.460 e. The molecular weight excluding hydrogens is 312 g/mol. The Hall–Kier alpha value is -1.22. The third-order valence-corrected chi connectivity index (χ3v) is 4.54. The molecular formula is C13H15F6N3. The Kier molecular flexibility index (Phi) is 3.48. The number of piperidine rings is 1. The molecule has 1 aromatic rings. The van der Waals surface area contributed by atoms with E-state index in [2.05, 4.69) is 5.32 Å². The quantitative estimate of drug-likeness (QED) is 0.584. The topological polar surface area (TPSA) is 20.2 Å². The maximum absolute atomic E-state index is 13.2. The van der Waals surface area contributed by atoms with Gasteiger partial charge < -0.3 is 9.88 Å². The molecule has 1 fully saturated rings. The van der Waals surface area contributed by atoms with Crippen LogP contribution in [-0.2, 0) is 12.1 Å². The summed E-state index contributed by atoms with van der Waals surface area (Å²) in [4.78, 5) is -0.387. The largest absolute Gasteiger partial charge is 0.460 e. The van der Waals surface area contributed by atoms with Gasteiger partial charge in [-0.25, -0.2) is 4.90 Å². The Morgan fingerprint density at radius 3 is 2.50 bits per heavy atom. The van der Waals surface area contributed by atoms with Crippen LogP contribution < -0.4 is 5.32 Å². The van der Waals surface area contributed by atoms with Gasteiger partial charge in [-0.15, -0.1) is 0 Å². The molecule has 0 aromatic carbocycles. The van der Waals surface area contributed by atoms with Gasteiger partial charge in [0.15, 0.2) is 0 Å². The zero-order valence-electron chi connectivity index (χ0n) is 11.5. The summed E-state index contributed by atoms with van der Waals surface area (Å²) in [6, 6.07) is 0.862. The lowest BCUT2D eigenvalue weighted by molar-refractivity contribution is -0.313. The summed E-state index contributed by atoms with van der Waals surface area (Å²) in [5.74, 6) is 0. The zero-order valence-corrected chi connectivity index (χ0v) is 11.5. The van der Waals surface area contributed by atoms with E-state index < -0.39 is 37.0 Å². The van der Waals surface area contributed by atoms with Gasteiger partial charge in [-0.1, -0.05) is 0 Å². The van der Waals surface area contributed by atoms with Crippen molar-refractivity contribution in [3.63, 3.8) is 0 Å². The van der Waals surface area contributed by atoms with Crippen molar-refractivity contribution in [2.75, 3.05) is 13.1 Å². The third-order valence-electron chi connectivity index (χ3n) is 4.54. The highest BCUT2D eigenvalue weighted by atomic mass is 19.4. The van der Waals surface area contributed by atoms with E-state index in [1.54, 1.807) is 18.3 Å². The minimum absolute atomic E-state index is 0.0108. The van der Waals surface area contributed by atoms with Crippen molar-refractivity contribution in [2.24, 2.45) is 0 Å². The van der Waals surface area contributed by atoms with Gasteiger partial charge >= 0.3 is 12.5 Å². The fourth-order valence-corrected chi connectivity index (χ4v) is 3.55. The van der Waals surface area contributed by atoms with Gasteiger partial charge in [0.05, 0.1) is 5.54 Å². The first-order valence-electron chi connectivity index (χ1n) is 6.94. The molecule has 1 saturated heterocycles. The van der Waals surface area contributed by atoms with Gasteiger partial charge in [-0.3, -0.25) is 0 Å². The Morgan fingerprint density at radius 1 is 1.14 bits per heavy atom.